The van der Waals surface area contributed by atoms with Crippen molar-refractivity contribution in [2.45, 2.75) is 6.04 Å². The molecule has 3 rings (SSSR count). The van der Waals surface area contributed by atoms with Crippen LogP contribution in [0.15, 0.2) is 55.0 Å². The molecule has 0 radical (unpaired) electrons. The summed E-state index contributed by atoms with van der Waals surface area (Å²) < 4.78 is 0. The van der Waals surface area contributed by atoms with E-state index in [4.69, 9.17) is 5.84 Å². The molecule has 1 atom stereocenters. The van der Waals surface area contributed by atoms with Crippen molar-refractivity contribution < 1.29 is 0 Å². The first-order chi connectivity index (χ1) is 9.40. The molecule has 0 aliphatic carbocycles. The van der Waals surface area contributed by atoms with Crippen LogP contribution in [0.4, 0.5) is 0 Å². The highest BCUT2D eigenvalue weighted by atomic mass is 15.2. The maximum Gasteiger partial charge on any atom is 0.0753 e. The zero-order valence-electron chi connectivity index (χ0n) is 10.2. The smallest absolute Gasteiger partial charge is 0.0753 e. The molecule has 0 amide bonds. The molecule has 1 aromatic carbocycles. The van der Waals surface area contributed by atoms with Gasteiger partial charge in [0.2, 0.25) is 0 Å². The largest absolute Gasteiger partial charge is 0.271 e. The van der Waals surface area contributed by atoms with Gasteiger partial charge in [-0.05, 0) is 17.7 Å². The molecule has 2 aromatic heterocycles. The number of nitrogens with two attached hydrogens (primary N) is 1. The van der Waals surface area contributed by atoms with Gasteiger partial charge in [0.15, 0.2) is 0 Å². The lowest BCUT2D eigenvalue weighted by Gasteiger charge is -2.17. The number of fused-ring (bicyclic) bond motifs is 1. The first-order valence-corrected chi connectivity index (χ1v) is 5.96. The van der Waals surface area contributed by atoms with E-state index in [2.05, 4.69) is 20.6 Å². The van der Waals surface area contributed by atoms with Gasteiger partial charge >= 0.3 is 0 Å². The van der Waals surface area contributed by atoms with Crippen molar-refractivity contribution in [2.75, 3.05) is 0 Å². The van der Waals surface area contributed by atoms with Crippen LogP contribution in [0.25, 0.3) is 10.9 Å². The van der Waals surface area contributed by atoms with Gasteiger partial charge in [-0.15, -0.1) is 0 Å². The standard InChI is InChI=1S/C14H13N5/c15-19-14(11-6-8-17-18-9-11)12-5-1-3-10-4-2-7-16-13(10)12/h1-9,14,19H,15H2. The number of aromatic nitrogens is 3. The third-order valence-electron chi connectivity index (χ3n) is 3.08. The maximum atomic E-state index is 5.70. The van der Waals surface area contributed by atoms with Crippen molar-refractivity contribution in [2.24, 2.45) is 5.84 Å². The van der Waals surface area contributed by atoms with Crippen molar-refractivity contribution in [3.05, 3.63) is 66.1 Å². The molecule has 94 valence electrons. The third kappa shape index (κ3) is 2.16. The highest BCUT2D eigenvalue weighted by Gasteiger charge is 2.15. The molecule has 5 nitrogen and oxygen atoms in total. The van der Waals surface area contributed by atoms with E-state index in [1.807, 2.05) is 36.4 Å². The van der Waals surface area contributed by atoms with Crippen LogP contribution >= 0.6 is 0 Å². The third-order valence-corrected chi connectivity index (χ3v) is 3.08. The molecule has 0 fully saturated rings. The number of rotatable bonds is 3. The maximum absolute atomic E-state index is 5.70. The second-order valence-electron chi connectivity index (χ2n) is 4.20. The summed E-state index contributed by atoms with van der Waals surface area (Å²) in [5.74, 6) is 5.70. The van der Waals surface area contributed by atoms with E-state index in [-0.39, 0.29) is 6.04 Å². The van der Waals surface area contributed by atoms with Crippen LogP contribution in [0, 0.1) is 0 Å². The first kappa shape index (κ1) is 11.7. The Morgan fingerprint density at radius 3 is 2.68 bits per heavy atom. The second-order valence-corrected chi connectivity index (χ2v) is 4.20. The van der Waals surface area contributed by atoms with Gasteiger partial charge in [0, 0.05) is 23.3 Å². The fourth-order valence-corrected chi connectivity index (χ4v) is 2.20. The highest BCUT2D eigenvalue weighted by molar-refractivity contribution is 5.82. The summed E-state index contributed by atoms with van der Waals surface area (Å²) in [5.41, 5.74) is 5.73. The Morgan fingerprint density at radius 2 is 1.89 bits per heavy atom. The van der Waals surface area contributed by atoms with Crippen molar-refractivity contribution >= 4 is 10.9 Å². The van der Waals surface area contributed by atoms with Crippen molar-refractivity contribution in [3.63, 3.8) is 0 Å². The van der Waals surface area contributed by atoms with E-state index in [9.17, 15) is 0 Å². The lowest BCUT2D eigenvalue weighted by atomic mass is 9.98. The van der Waals surface area contributed by atoms with Gasteiger partial charge in [-0.3, -0.25) is 10.8 Å². The lowest BCUT2D eigenvalue weighted by molar-refractivity contribution is 0.635. The molecule has 1 unspecified atom stereocenters. The highest BCUT2D eigenvalue weighted by Crippen LogP contribution is 2.26. The summed E-state index contributed by atoms with van der Waals surface area (Å²) in [5, 5.41) is 8.76. The Labute approximate surface area is 110 Å². The minimum Gasteiger partial charge on any atom is -0.271 e. The number of nitrogens with one attached hydrogen (secondary N) is 1. The average molecular weight is 251 g/mol. The quantitative estimate of drug-likeness (QED) is 0.546. The average Bonchev–Trinajstić information content (AvgIpc) is 2.49. The first-order valence-electron chi connectivity index (χ1n) is 5.96. The summed E-state index contributed by atoms with van der Waals surface area (Å²) in [6.45, 7) is 0. The van der Waals surface area contributed by atoms with Gasteiger partial charge in [0.05, 0.1) is 17.8 Å². The summed E-state index contributed by atoms with van der Waals surface area (Å²) in [4.78, 5) is 4.44. The van der Waals surface area contributed by atoms with Crippen LogP contribution in [-0.4, -0.2) is 15.2 Å². The van der Waals surface area contributed by atoms with Gasteiger partial charge in [-0.1, -0.05) is 24.3 Å². The van der Waals surface area contributed by atoms with Crippen LogP contribution in [0.2, 0.25) is 0 Å². The summed E-state index contributed by atoms with van der Waals surface area (Å²) in [6.07, 6.45) is 5.13. The van der Waals surface area contributed by atoms with Crippen LogP contribution in [0.3, 0.4) is 0 Å². The molecule has 0 bridgehead atoms. The summed E-state index contributed by atoms with van der Waals surface area (Å²) in [6, 6.07) is 11.7. The lowest BCUT2D eigenvalue weighted by Crippen LogP contribution is -2.29. The monoisotopic (exact) mass is 251 g/mol. The van der Waals surface area contributed by atoms with Gasteiger partial charge in [0.25, 0.3) is 0 Å². The Kier molecular flexibility index (Phi) is 3.14. The molecule has 3 aromatic rings. The SMILES string of the molecule is NNC(c1ccnnc1)c1cccc2cccnc12. The molecule has 0 spiro atoms. The Balaban J connectivity index is 2.17. The van der Waals surface area contributed by atoms with Crippen molar-refractivity contribution in [1.29, 1.82) is 0 Å². The number of hydrogen-bond donors (Lipinski definition) is 2. The minimum absolute atomic E-state index is 0.158. The fraction of sp³-hybridized carbons (Fsp3) is 0.0714. The molecule has 3 N–H and O–H groups in total. The molecule has 5 heteroatoms. The van der Waals surface area contributed by atoms with E-state index in [1.165, 1.54) is 0 Å². The zero-order chi connectivity index (χ0) is 13.1. The number of hydrazine groups is 1. The Bertz CT molecular complexity index is 678. The normalized spacial score (nSPS) is 12.5. The van der Waals surface area contributed by atoms with E-state index < -0.39 is 0 Å². The molecule has 0 saturated carbocycles. The topological polar surface area (TPSA) is 76.7 Å². The van der Waals surface area contributed by atoms with E-state index in [0.29, 0.717) is 0 Å². The number of para-hydroxylation sites is 1. The number of benzene rings is 1. The van der Waals surface area contributed by atoms with Gasteiger partial charge < -0.3 is 0 Å². The molecule has 2 heterocycles. The predicted molar refractivity (Wildman–Crippen MR) is 72.9 cm³/mol. The zero-order valence-corrected chi connectivity index (χ0v) is 10.2. The molecule has 0 saturated heterocycles. The molecule has 19 heavy (non-hydrogen) atoms. The van der Waals surface area contributed by atoms with E-state index >= 15 is 0 Å². The minimum atomic E-state index is -0.158. The summed E-state index contributed by atoms with van der Waals surface area (Å²) >= 11 is 0. The Morgan fingerprint density at radius 1 is 1.00 bits per heavy atom. The number of nitrogens with zero attached hydrogens (tertiary/aromatic N) is 3. The molecule has 0 aliphatic rings. The van der Waals surface area contributed by atoms with Crippen LogP contribution < -0.4 is 11.3 Å². The number of pyridine rings is 1. The van der Waals surface area contributed by atoms with Crippen LogP contribution in [-0.2, 0) is 0 Å². The number of hydrogen-bond acceptors (Lipinski definition) is 5. The summed E-state index contributed by atoms with van der Waals surface area (Å²) in [7, 11) is 0. The molecular weight excluding hydrogens is 238 g/mol. The van der Waals surface area contributed by atoms with Crippen molar-refractivity contribution in [3.8, 4) is 0 Å². The Hall–Kier alpha value is -2.37. The van der Waals surface area contributed by atoms with Crippen LogP contribution in [0.1, 0.15) is 17.2 Å². The second kappa shape index (κ2) is 5.09. The predicted octanol–water partition coefficient (Wildman–Crippen LogP) is 1.58. The van der Waals surface area contributed by atoms with Gasteiger partial charge in [-0.2, -0.15) is 10.2 Å². The van der Waals surface area contributed by atoms with Gasteiger partial charge in [0.1, 0.15) is 0 Å². The van der Waals surface area contributed by atoms with Crippen LogP contribution in [0.5, 0.6) is 0 Å². The van der Waals surface area contributed by atoms with Gasteiger partial charge in [-0.25, -0.2) is 5.43 Å². The molecule has 0 aliphatic heterocycles. The van der Waals surface area contributed by atoms with E-state index in [0.717, 1.165) is 22.0 Å². The van der Waals surface area contributed by atoms with Crippen molar-refractivity contribution in [1.82, 2.24) is 20.6 Å². The van der Waals surface area contributed by atoms with E-state index in [1.54, 1.807) is 18.6 Å². The molecular formula is C14H13N5. The fourth-order valence-electron chi connectivity index (χ4n) is 2.20.